The van der Waals surface area contributed by atoms with Gasteiger partial charge in [-0.15, -0.1) is 0 Å². The number of hydrogen-bond donors (Lipinski definition) is 0. The molecule has 0 aromatic rings. The van der Waals surface area contributed by atoms with Crippen LogP contribution in [0.4, 0.5) is 0 Å². The van der Waals surface area contributed by atoms with Gasteiger partial charge in [0, 0.05) is 0 Å². The van der Waals surface area contributed by atoms with Gasteiger partial charge in [-0.2, -0.15) is 0 Å². The summed E-state index contributed by atoms with van der Waals surface area (Å²) in [6.45, 7) is 4.61. The molecule has 1 saturated carbocycles. The topological polar surface area (TPSA) is 12.5 Å². The van der Waals surface area contributed by atoms with Gasteiger partial charge in [-0.1, -0.05) is 6.92 Å². The average molecular weight is 140 g/mol. The van der Waals surface area contributed by atoms with Crippen molar-refractivity contribution in [1.29, 1.82) is 0 Å². The summed E-state index contributed by atoms with van der Waals surface area (Å²) in [5, 5.41) is 0. The minimum Gasteiger partial charge on any atom is -0.366 e. The van der Waals surface area contributed by atoms with E-state index in [-0.39, 0.29) is 0 Å². The molecular formula is C9H16O. The Morgan fingerprint density at radius 2 is 2.10 bits per heavy atom. The molecule has 0 bridgehead atoms. The molecular weight excluding hydrogens is 124 g/mol. The Balaban J connectivity index is 1.98. The molecule has 1 saturated heterocycles. The molecule has 10 heavy (non-hydrogen) atoms. The van der Waals surface area contributed by atoms with Crippen LogP contribution in [-0.2, 0) is 4.74 Å². The van der Waals surface area contributed by atoms with Crippen molar-refractivity contribution in [1.82, 2.24) is 0 Å². The average Bonchev–Trinajstić information content (AvgIpc) is 2.54. The van der Waals surface area contributed by atoms with Gasteiger partial charge in [0.15, 0.2) is 0 Å². The number of hydrogen-bond acceptors (Lipinski definition) is 1. The van der Waals surface area contributed by atoms with Crippen molar-refractivity contribution < 1.29 is 4.74 Å². The monoisotopic (exact) mass is 140 g/mol. The van der Waals surface area contributed by atoms with E-state index < -0.39 is 0 Å². The lowest BCUT2D eigenvalue weighted by atomic mass is 10.0. The number of ether oxygens (including phenoxy) is 1. The molecule has 1 nitrogen and oxygen atoms in total. The summed E-state index contributed by atoms with van der Waals surface area (Å²) in [5.74, 6) is 0.938. The fraction of sp³-hybridized carbons (Fsp3) is 1.00. The molecule has 0 spiro atoms. The van der Waals surface area contributed by atoms with Crippen molar-refractivity contribution in [3.8, 4) is 0 Å². The molecule has 1 heteroatoms. The first kappa shape index (κ1) is 6.66. The van der Waals surface area contributed by atoms with E-state index >= 15 is 0 Å². The molecule has 0 radical (unpaired) electrons. The van der Waals surface area contributed by atoms with Gasteiger partial charge in [0.05, 0.1) is 11.7 Å². The Kier molecular flexibility index (Phi) is 1.31. The maximum atomic E-state index is 5.59. The molecule has 1 aliphatic carbocycles. The Bertz CT molecular complexity index is 144. The zero-order valence-corrected chi connectivity index (χ0v) is 6.89. The van der Waals surface area contributed by atoms with Crippen LogP contribution in [0, 0.1) is 5.92 Å². The standard InChI is InChI=1S/C9H16O/c1-7-3-4-8-9(2,10-8)6-5-7/h7-8H,3-6H2,1-2H3. The van der Waals surface area contributed by atoms with Crippen molar-refractivity contribution in [3.05, 3.63) is 0 Å². The number of fused-ring (bicyclic) bond motifs is 1. The van der Waals surface area contributed by atoms with Crippen molar-refractivity contribution in [2.45, 2.75) is 51.2 Å². The van der Waals surface area contributed by atoms with Crippen LogP contribution in [0.2, 0.25) is 0 Å². The van der Waals surface area contributed by atoms with E-state index in [0.717, 1.165) is 5.92 Å². The van der Waals surface area contributed by atoms with E-state index in [9.17, 15) is 0 Å². The third-order valence-electron chi connectivity index (χ3n) is 3.09. The van der Waals surface area contributed by atoms with Gasteiger partial charge in [0.25, 0.3) is 0 Å². The van der Waals surface area contributed by atoms with Crippen LogP contribution in [-0.4, -0.2) is 11.7 Å². The molecule has 2 fully saturated rings. The highest BCUT2D eigenvalue weighted by Gasteiger charge is 2.52. The first-order valence-electron chi connectivity index (χ1n) is 4.38. The third kappa shape index (κ3) is 0.968. The van der Waals surface area contributed by atoms with Crippen molar-refractivity contribution in [2.24, 2.45) is 5.92 Å². The highest BCUT2D eigenvalue weighted by Crippen LogP contribution is 2.46. The second-order valence-corrected chi connectivity index (χ2v) is 4.14. The smallest absolute Gasteiger partial charge is 0.0920 e. The van der Waals surface area contributed by atoms with Gasteiger partial charge < -0.3 is 4.74 Å². The fourth-order valence-electron chi connectivity index (χ4n) is 1.99. The van der Waals surface area contributed by atoms with Gasteiger partial charge >= 0.3 is 0 Å². The molecule has 3 atom stereocenters. The predicted molar refractivity (Wildman–Crippen MR) is 40.9 cm³/mol. The Hall–Kier alpha value is -0.0400. The minimum atomic E-state index is 0.310. The normalized spacial score (nSPS) is 53.4. The third-order valence-corrected chi connectivity index (χ3v) is 3.09. The van der Waals surface area contributed by atoms with Gasteiger partial charge in [-0.25, -0.2) is 0 Å². The quantitative estimate of drug-likeness (QED) is 0.470. The molecule has 1 aliphatic heterocycles. The SMILES string of the molecule is CC1CCC2OC2(C)CC1. The van der Waals surface area contributed by atoms with E-state index in [0.29, 0.717) is 11.7 Å². The van der Waals surface area contributed by atoms with E-state index in [1.807, 2.05) is 0 Å². The summed E-state index contributed by atoms with van der Waals surface area (Å²) in [7, 11) is 0. The van der Waals surface area contributed by atoms with Crippen molar-refractivity contribution in [2.75, 3.05) is 0 Å². The van der Waals surface area contributed by atoms with Crippen LogP contribution >= 0.6 is 0 Å². The van der Waals surface area contributed by atoms with Gasteiger partial charge in [-0.05, 0) is 38.5 Å². The summed E-state index contributed by atoms with van der Waals surface area (Å²) in [6, 6.07) is 0. The van der Waals surface area contributed by atoms with Crippen LogP contribution in [0.1, 0.15) is 39.5 Å². The summed E-state index contributed by atoms with van der Waals surface area (Å²) in [6.07, 6.45) is 5.96. The zero-order chi connectivity index (χ0) is 7.19. The lowest BCUT2D eigenvalue weighted by Gasteiger charge is -2.07. The number of rotatable bonds is 0. The van der Waals surface area contributed by atoms with Crippen molar-refractivity contribution in [3.63, 3.8) is 0 Å². The van der Waals surface area contributed by atoms with Crippen molar-refractivity contribution >= 4 is 0 Å². The first-order chi connectivity index (χ1) is 4.71. The van der Waals surface area contributed by atoms with Gasteiger partial charge in [-0.3, -0.25) is 0 Å². The highest BCUT2D eigenvalue weighted by atomic mass is 16.6. The molecule has 0 aromatic carbocycles. The first-order valence-corrected chi connectivity index (χ1v) is 4.38. The van der Waals surface area contributed by atoms with Crippen LogP contribution in [0.5, 0.6) is 0 Å². The van der Waals surface area contributed by atoms with Crippen LogP contribution in [0.3, 0.4) is 0 Å². The van der Waals surface area contributed by atoms with E-state index in [4.69, 9.17) is 4.74 Å². The summed E-state index contributed by atoms with van der Waals surface area (Å²) >= 11 is 0. The maximum absolute atomic E-state index is 5.59. The zero-order valence-electron chi connectivity index (χ0n) is 6.89. The van der Waals surface area contributed by atoms with Gasteiger partial charge in [0.2, 0.25) is 0 Å². The van der Waals surface area contributed by atoms with E-state index in [1.165, 1.54) is 25.7 Å². The Morgan fingerprint density at radius 1 is 1.30 bits per heavy atom. The summed E-state index contributed by atoms with van der Waals surface area (Å²) < 4.78 is 5.59. The summed E-state index contributed by atoms with van der Waals surface area (Å²) in [4.78, 5) is 0. The predicted octanol–water partition coefficient (Wildman–Crippen LogP) is 2.35. The van der Waals surface area contributed by atoms with E-state index in [2.05, 4.69) is 13.8 Å². The molecule has 0 N–H and O–H groups in total. The molecule has 0 aromatic heterocycles. The molecule has 2 aliphatic rings. The Morgan fingerprint density at radius 3 is 2.90 bits per heavy atom. The highest BCUT2D eigenvalue weighted by molar-refractivity contribution is 5.00. The van der Waals surface area contributed by atoms with E-state index in [1.54, 1.807) is 0 Å². The Labute approximate surface area is 62.8 Å². The minimum absolute atomic E-state index is 0.310. The van der Waals surface area contributed by atoms with Crippen LogP contribution in [0.25, 0.3) is 0 Å². The molecule has 1 heterocycles. The lowest BCUT2D eigenvalue weighted by Crippen LogP contribution is -2.06. The lowest BCUT2D eigenvalue weighted by molar-refractivity contribution is 0.260. The number of epoxide rings is 1. The largest absolute Gasteiger partial charge is 0.366 e. The second-order valence-electron chi connectivity index (χ2n) is 4.14. The molecule has 2 rings (SSSR count). The summed E-state index contributed by atoms with van der Waals surface area (Å²) in [5.41, 5.74) is 0.310. The molecule has 58 valence electrons. The van der Waals surface area contributed by atoms with Gasteiger partial charge in [0.1, 0.15) is 0 Å². The molecule has 3 unspecified atom stereocenters. The van der Waals surface area contributed by atoms with Crippen LogP contribution < -0.4 is 0 Å². The maximum Gasteiger partial charge on any atom is 0.0920 e. The second kappa shape index (κ2) is 1.97. The van der Waals surface area contributed by atoms with Crippen LogP contribution in [0.15, 0.2) is 0 Å². The fourth-order valence-corrected chi connectivity index (χ4v) is 1.99. The molecule has 0 amide bonds.